The Hall–Kier alpha value is -2.24. The predicted molar refractivity (Wildman–Crippen MR) is 93.6 cm³/mol. The fourth-order valence-corrected chi connectivity index (χ4v) is 3.77. The maximum atomic E-state index is 13.8. The number of carbonyl (C=O) groups excluding carboxylic acids is 1. The summed E-state index contributed by atoms with van der Waals surface area (Å²) in [5.74, 6) is 0.652. The van der Waals surface area contributed by atoms with Crippen LogP contribution in [0, 0.1) is 17.6 Å². The first-order chi connectivity index (χ1) is 12.6. The van der Waals surface area contributed by atoms with Gasteiger partial charge < -0.3 is 9.47 Å². The molecule has 0 spiro atoms. The van der Waals surface area contributed by atoms with E-state index in [0.717, 1.165) is 37.2 Å². The molecule has 1 saturated carbocycles. The third-order valence-corrected chi connectivity index (χ3v) is 5.40. The van der Waals surface area contributed by atoms with E-state index in [1.165, 1.54) is 25.0 Å². The largest absolute Gasteiger partial charge is 0.342 e. The zero-order valence-corrected chi connectivity index (χ0v) is 14.7. The SMILES string of the molecule is O=C(Cc1ccc(F)cc1F)N1CCCC(c2nccn2CC2CC2)C1. The Kier molecular flexibility index (Phi) is 4.74. The van der Waals surface area contributed by atoms with E-state index < -0.39 is 11.6 Å². The van der Waals surface area contributed by atoms with E-state index in [2.05, 4.69) is 9.55 Å². The van der Waals surface area contributed by atoms with Crippen LogP contribution in [0.2, 0.25) is 0 Å². The van der Waals surface area contributed by atoms with E-state index >= 15 is 0 Å². The number of likely N-dealkylation sites (tertiary alicyclic amines) is 1. The molecule has 1 aliphatic heterocycles. The molecule has 1 saturated heterocycles. The summed E-state index contributed by atoms with van der Waals surface area (Å²) in [7, 11) is 0. The van der Waals surface area contributed by atoms with Crippen LogP contribution in [0.1, 0.15) is 43.0 Å². The Balaban J connectivity index is 1.43. The van der Waals surface area contributed by atoms with Crippen molar-refractivity contribution >= 4 is 5.91 Å². The number of benzene rings is 1. The molecule has 1 aromatic carbocycles. The third-order valence-electron chi connectivity index (χ3n) is 5.40. The zero-order chi connectivity index (χ0) is 18.1. The van der Waals surface area contributed by atoms with Gasteiger partial charge in [0.1, 0.15) is 17.5 Å². The molecule has 1 unspecified atom stereocenters. The second-order valence-corrected chi connectivity index (χ2v) is 7.47. The van der Waals surface area contributed by atoms with Gasteiger partial charge in [-0.05, 0) is 43.2 Å². The van der Waals surface area contributed by atoms with E-state index in [0.29, 0.717) is 13.1 Å². The molecular formula is C20H23F2N3O. The summed E-state index contributed by atoms with van der Waals surface area (Å²) in [4.78, 5) is 19.0. The maximum absolute atomic E-state index is 13.8. The van der Waals surface area contributed by atoms with Gasteiger partial charge in [-0.3, -0.25) is 4.79 Å². The number of imidazole rings is 1. The van der Waals surface area contributed by atoms with Crippen LogP contribution in [0.15, 0.2) is 30.6 Å². The minimum absolute atomic E-state index is 0.0324. The highest BCUT2D eigenvalue weighted by Gasteiger charge is 2.29. The molecule has 0 N–H and O–H groups in total. The Morgan fingerprint density at radius 3 is 2.85 bits per heavy atom. The van der Waals surface area contributed by atoms with Crippen molar-refractivity contribution in [1.29, 1.82) is 0 Å². The number of amides is 1. The van der Waals surface area contributed by atoms with Crippen LogP contribution in [0.5, 0.6) is 0 Å². The summed E-state index contributed by atoms with van der Waals surface area (Å²) in [5.41, 5.74) is 0.244. The Labute approximate surface area is 151 Å². The molecule has 138 valence electrons. The number of rotatable bonds is 5. The third kappa shape index (κ3) is 3.79. The van der Waals surface area contributed by atoms with Gasteiger partial charge in [-0.25, -0.2) is 13.8 Å². The quantitative estimate of drug-likeness (QED) is 0.819. The minimum Gasteiger partial charge on any atom is -0.342 e. The fourth-order valence-electron chi connectivity index (χ4n) is 3.77. The van der Waals surface area contributed by atoms with E-state index in [9.17, 15) is 13.6 Å². The first kappa shape index (κ1) is 17.2. The summed E-state index contributed by atoms with van der Waals surface area (Å²) in [5, 5.41) is 0. The number of piperidine rings is 1. The highest BCUT2D eigenvalue weighted by Crippen LogP contribution is 2.33. The predicted octanol–water partition coefficient (Wildman–Crippen LogP) is 3.52. The highest BCUT2D eigenvalue weighted by atomic mass is 19.1. The molecule has 0 bridgehead atoms. The molecule has 2 aromatic rings. The molecule has 6 heteroatoms. The summed E-state index contributed by atoms with van der Waals surface area (Å²) in [6.45, 7) is 2.31. The average Bonchev–Trinajstić information content (AvgIpc) is 3.32. The standard InChI is InChI=1S/C20H23F2N3O/c21-17-6-5-15(18(22)11-17)10-19(26)24-8-1-2-16(13-24)20-23-7-9-25(20)12-14-3-4-14/h5-7,9,11,14,16H,1-4,8,10,12-13H2. The van der Waals surface area contributed by atoms with E-state index in [1.54, 1.807) is 4.90 Å². The number of carbonyl (C=O) groups is 1. The number of hydrogen-bond acceptors (Lipinski definition) is 2. The van der Waals surface area contributed by atoms with Crippen LogP contribution in [0.3, 0.4) is 0 Å². The van der Waals surface area contributed by atoms with Crippen LogP contribution in [0.25, 0.3) is 0 Å². The van der Waals surface area contributed by atoms with Crippen molar-refractivity contribution in [1.82, 2.24) is 14.5 Å². The molecule has 0 radical (unpaired) electrons. The topological polar surface area (TPSA) is 38.1 Å². The Morgan fingerprint density at radius 2 is 2.08 bits per heavy atom. The van der Waals surface area contributed by atoms with E-state index in [-0.39, 0.29) is 23.8 Å². The van der Waals surface area contributed by atoms with Crippen LogP contribution in [-0.2, 0) is 17.8 Å². The summed E-state index contributed by atoms with van der Waals surface area (Å²) < 4.78 is 29.1. The first-order valence-corrected chi connectivity index (χ1v) is 9.33. The normalized spacial score (nSPS) is 20.4. The van der Waals surface area contributed by atoms with Gasteiger partial charge in [-0.1, -0.05) is 6.07 Å². The first-order valence-electron chi connectivity index (χ1n) is 9.33. The number of halogens is 2. The van der Waals surface area contributed by atoms with Crippen molar-refractivity contribution in [3.05, 3.63) is 53.6 Å². The molecule has 2 fully saturated rings. The van der Waals surface area contributed by atoms with E-state index in [4.69, 9.17) is 0 Å². The Morgan fingerprint density at radius 1 is 1.23 bits per heavy atom. The molecule has 4 rings (SSSR count). The second kappa shape index (κ2) is 7.17. The van der Waals surface area contributed by atoms with Crippen molar-refractivity contribution in [2.24, 2.45) is 5.92 Å². The van der Waals surface area contributed by atoms with Crippen LogP contribution in [-0.4, -0.2) is 33.4 Å². The van der Waals surface area contributed by atoms with Crippen molar-refractivity contribution in [3.8, 4) is 0 Å². The van der Waals surface area contributed by atoms with Crippen molar-refractivity contribution < 1.29 is 13.6 Å². The molecule has 2 heterocycles. The van der Waals surface area contributed by atoms with Gasteiger partial charge in [0.2, 0.25) is 5.91 Å². The lowest BCUT2D eigenvalue weighted by molar-refractivity contribution is -0.131. The molecule has 1 atom stereocenters. The molecule has 4 nitrogen and oxygen atoms in total. The smallest absolute Gasteiger partial charge is 0.227 e. The second-order valence-electron chi connectivity index (χ2n) is 7.47. The molecule has 1 aromatic heterocycles. The number of aromatic nitrogens is 2. The Bertz CT molecular complexity index is 800. The lowest BCUT2D eigenvalue weighted by atomic mass is 9.96. The lowest BCUT2D eigenvalue weighted by Gasteiger charge is -2.33. The number of nitrogens with zero attached hydrogens (tertiary/aromatic N) is 3. The molecule has 1 aliphatic carbocycles. The van der Waals surface area contributed by atoms with Crippen LogP contribution < -0.4 is 0 Å². The molecule has 2 aliphatic rings. The van der Waals surface area contributed by atoms with Gasteiger partial charge in [0.25, 0.3) is 0 Å². The zero-order valence-electron chi connectivity index (χ0n) is 14.7. The van der Waals surface area contributed by atoms with Crippen molar-refractivity contribution in [2.45, 2.75) is 44.6 Å². The molecule has 1 amide bonds. The fraction of sp³-hybridized carbons (Fsp3) is 0.500. The number of hydrogen-bond donors (Lipinski definition) is 0. The summed E-state index contributed by atoms with van der Waals surface area (Å²) in [6.07, 6.45) is 8.34. The monoisotopic (exact) mass is 359 g/mol. The van der Waals surface area contributed by atoms with Gasteiger partial charge in [-0.2, -0.15) is 0 Å². The van der Waals surface area contributed by atoms with Crippen molar-refractivity contribution in [3.63, 3.8) is 0 Å². The molecule has 26 heavy (non-hydrogen) atoms. The minimum atomic E-state index is -0.660. The maximum Gasteiger partial charge on any atom is 0.227 e. The van der Waals surface area contributed by atoms with Gasteiger partial charge in [0, 0.05) is 44.0 Å². The van der Waals surface area contributed by atoms with E-state index in [1.807, 2.05) is 12.4 Å². The van der Waals surface area contributed by atoms with Crippen LogP contribution in [0.4, 0.5) is 8.78 Å². The van der Waals surface area contributed by atoms with Gasteiger partial charge in [0.05, 0.1) is 6.42 Å². The summed E-state index contributed by atoms with van der Waals surface area (Å²) in [6, 6.07) is 3.38. The summed E-state index contributed by atoms with van der Waals surface area (Å²) >= 11 is 0. The van der Waals surface area contributed by atoms with Gasteiger partial charge >= 0.3 is 0 Å². The highest BCUT2D eigenvalue weighted by molar-refractivity contribution is 5.79. The van der Waals surface area contributed by atoms with Gasteiger partial charge in [0.15, 0.2) is 0 Å². The average molecular weight is 359 g/mol. The van der Waals surface area contributed by atoms with Crippen LogP contribution >= 0.6 is 0 Å². The molecular weight excluding hydrogens is 336 g/mol. The van der Waals surface area contributed by atoms with Gasteiger partial charge in [-0.15, -0.1) is 0 Å². The van der Waals surface area contributed by atoms with Crippen molar-refractivity contribution in [2.75, 3.05) is 13.1 Å². The lowest BCUT2D eigenvalue weighted by Crippen LogP contribution is -2.40.